The molecule has 0 aliphatic rings. The van der Waals surface area contributed by atoms with Crippen molar-refractivity contribution < 1.29 is 23.1 Å². The number of oxime groups is 1. The van der Waals surface area contributed by atoms with Gasteiger partial charge < -0.3 is 21.0 Å². The van der Waals surface area contributed by atoms with E-state index in [4.69, 9.17) is 15.7 Å². The molecule has 1 aromatic carbocycles. The molecule has 0 aromatic heterocycles. The highest BCUT2D eigenvalue weighted by molar-refractivity contribution is 5.99. The second-order valence-corrected chi connectivity index (χ2v) is 4.06. The van der Waals surface area contributed by atoms with Crippen LogP contribution in [0.2, 0.25) is 0 Å². The third kappa shape index (κ3) is 4.96. The van der Waals surface area contributed by atoms with Crippen molar-refractivity contribution in [2.24, 2.45) is 10.9 Å². The number of hydrogen-bond acceptors (Lipinski definition) is 4. The van der Waals surface area contributed by atoms with Gasteiger partial charge in [-0.1, -0.05) is 11.2 Å². The maximum Gasteiger partial charge on any atom is 0.390 e. The van der Waals surface area contributed by atoms with Gasteiger partial charge in [0.2, 0.25) is 0 Å². The van der Waals surface area contributed by atoms with E-state index in [9.17, 15) is 13.2 Å². The summed E-state index contributed by atoms with van der Waals surface area (Å²) in [6.07, 6.45) is -5.05. The van der Waals surface area contributed by atoms with Gasteiger partial charge in [-0.05, 0) is 17.7 Å². The van der Waals surface area contributed by atoms with E-state index in [1.165, 1.54) is 7.11 Å². The lowest BCUT2D eigenvalue weighted by atomic mass is 10.1. The van der Waals surface area contributed by atoms with Crippen LogP contribution in [-0.4, -0.2) is 30.9 Å². The SMILES string of the molecule is COc1cc(CNCCC(F)(F)F)ccc1/C(N)=N/O. The van der Waals surface area contributed by atoms with Crippen LogP contribution in [0.15, 0.2) is 23.4 Å². The number of rotatable bonds is 6. The number of methoxy groups -OCH3 is 1. The van der Waals surface area contributed by atoms with E-state index in [1.54, 1.807) is 18.2 Å². The Bertz CT molecular complexity index is 476. The van der Waals surface area contributed by atoms with Gasteiger partial charge in [0.05, 0.1) is 19.1 Å². The van der Waals surface area contributed by atoms with Crippen molar-refractivity contribution >= 4 is 5.84 Å². The molecule has 0 radical (unpaired) electrons. The molecule has 1 rings (SSSR count). The summed E-state index contributed by atoms with van der Waals surface area (Å²) in [6.45, 7) is 0.108. The van der Waals surface area contributed by atoms with Gasteiger partial charge in [0.15, 0.2) is 5.84 Å². The Kier molecular flexibility index (Phi) is 5.63. The highest BCUT2D eigenvalue weighted by atomic mass is 19.4. The topological polar surface area (TPSA) is 79.9 Å². The lowest BCUT2D eigenvalue weighted by Gasteiger charge is -2.11. The fraction of sp³-hybridized carbons (Fsp3) is 0.417. The first-order valence-corrected chi connectivity index (χ1v) is 5.79. The Hall–Kier alpha value is -1.96. The number of ether oxygens (including phenoxy) is 1. The van der Waals surface area contributed by atoms with Crippen LogP contribution in [0, 0.1) is 0 Å². The van der Waals surface area contributed by atoms with Gasteiger partial charge in [-0.15, -0.1) is 0 Å². The fourth-order valence-electron chi connectivity index (χ4n) is 1.57. The van der Waals surface area contributed by atoms with Crippen molar-refractivity contribution in [3.63, 3.8) is 0 Å². The second kappa shape index (κ2) is 6.99. The highest BCUT2D eigenvalue weighted by Crippen LogP contribution is 2.21. The van der Waals surface area contributed by atoms with Crippen molar-refractivity contribution in [2.45, 2.75) is 19.1 Å². The zero-order valence-electron chi connectivity index (χ0n) is 10.9. The molecular formula is C12H16F3N3O2. The predicted molar refractivity (Wildman–Crippen MR) is 67.9 cm³/mol. The minimum atomic E-state index is -4.17. The molecule has 20 heavy (non-hydrogen) atoms. The van der Waals surface area contributed by atoms with Gasteiger partial charge in [-0.25, -0.2) is 0 Å². The standard InChI is InChI=1S/C12H16F3N3O2/c1-20-10-6-8(2-3-9(10)11(16)18-19)7-17-5-4-12(13,14)15/h2-3,6,17,19H,4-5,7H2,1H3,(H2,16,18). The van der Waals surface area contributed by atoms with Crippen LogP contribution in [0.25, 0.3) is 0 Å². The van der Waals surface area contributed by atoms with Crippen molar-refractivity contribution in [2.75, 3.05) is 13.7 Å². The van der Waals surface area contributed by atoms with E-state index in [-0.39, 0.29) is 18.9 Å². The smallest absolute Gasteiger partial charge is 0.390 e. The maximum atomic E-state index is 12.0. The number of benzene rings is 1. The second-order valence-electron chi connectivity index (χ2n) is 4.06. The van der Waals surface area contributed by atoms with E-state index < -0.39 is 12.6 Å². The van der Waals surface area contributed by atoms with E-state index in [1.807, 2.05) is 0 Å². The summed E-state index contributed by atoms with van der Waals surface area (Å²) in [5.74, 6) is 0.286. The molecule has 0 saturated carbocycles. The van der Waals surface area contributed by atoms with E-state index in [2.05, 4.69) is 10.5 Å². The molecule has 0 unspecified atom stereocenters. The maximum absolute atomic E-state index is 12.0. The Morgan fingerprint density at radius 1 is 1.45 bits per heavy atom. The third-order valence-corrected chi connectivity index (χ3v) is 2.56. The molecule has 1 aromatic rings. The van der Waals surface area contributed by atoms with Crippen LogP contribution in [-0.2, 0) is 6.54 Å². The first-order valence-electron chi connectivity index (χ1n) is 5.79. The number of alkyl halides is 3. The molecule has 0 aliphatic heterocycles. The first-order chi connectivity index (χ1) is 9.37. The minimum Gasteiger partial charge on any atom is -0.496 e. The van der Waals surface area contributed by atoms with Crippen LogP contribution in [0.1, 0.15) is 17.5 Å². The summed E-state index contributed by atoms with van der Waals surface area (Å²) < 4.78 is 41.0. The molecule has 0 aliphatic carbocycles. The van der Waals surface area contributed by atoms with Gasteiger partial charge in [0.1, 0.15) is 5.75 Å². The molecule has 112 valence electrons. The normalized spacial score (nSPS) is 12.5. The molecule has 4 N–H and O–H groups in total. The van der Waals surface area contributed by atoms with Crippen LogP contribution in [0.4, 0.5) is 13.2 Å². The summed E-state index contributed by atoms with van der Waals surface area (Å²) in [7, 11) is 1.42. The van der Waals surface area contributed by atoms with Crippen molar-refractivity contribution in [3.8, 4) is 5.75 Å². The number of nitrogens with two attached hydrogens (primary N) is 1. The lowest BCUT2D eigenvalue weighted by molar-refractivity contribution is -0.133. The van der Waals surface area contributed by atoms with Gasteiger partial charge in [0, 0.05) is 13.1 Å². The van der Waals surface area contributed by atoms with Crippen molar-refractivity contribution in [1.82, 2.24) is 5.32 Å². The van der Waals surface area contributed by atoms with Crippen molar-refractivity contribution in [1.29, 1.82) is 0 Å². The summed E-state index contributed by atoms with van der Waals surface area (Å²) in [6, 6.07) is 4.86. The molecule has 0 bridgehead atoms. The Balaban J connectivity index is 2.65. The van der Waals surface area contributed by atoms with Crippen molar-refractivity contribution in [3.05, 3.63) is 29.3 Å². The number of hydrogen-bond donors (Lipinski definition) is 3. The molecule has 0 saturated heterocycles. The average Bonchev–Trinajstić information content (AvgIpc) is 2.41. The number of nitrogens with one attached hydrogen (secondary N) is 1. The Morgan fingerprint density at radius 3 is 2.70 bits per heavy atom. The average molecular weight is 291 g/mol. The van der Waals surface area contributed by atoms with Crippen LogP contribution < -0.4 is 15.8 Å². The van der Waals surface area contributed by atoms with Crippen LogP contribution >= 0.6 is 0 Å². The quantitative estimate of drug-likeness (QED) is 0.246. The fourth-order valence-corrected chi connectivity index (χ4v) is 1.57. The van der Waals surface area contributed by atoms with Crippen LogP contribution in [0.3, 0.4) is 0 Å². The Labute approximate surface area is 114 Å². The summed E-state index contributed by atoms with van der Waals surface area (Å²) in [5, 5.41) is 14.2. The third-order valence-electron chi connectivity index (χ3n) is 2.56. The summed E-state index contributed by atoms with van der Waals surface area (Å²) in [4.78, 5) is 0. The zero-order valence-corrected chi connectivity index (χ0v) is 10.9. The molecule has 0 spiro atoms. The first kappa shape index (κ1) is 16.1. The number of halogens is 3. The van der Waals surface area contributed by atoms with Gasteiger partial charge in [0.25, 0.3) is 0 Å². The van der Waals surface area contributed by atoms with E-state index in [0.29, 0.717) is 11.3 Å². The minimum absolute atomic E-state index is 0.0987. The molecular weight excluding hydrogens is 275 g/mol. The van der Waals surface area contributed by atoms with E-state index >= 15 is 0 Å². The van der Waals surface area contributed by atoms with Gasteiger partial charge >= 0.3 is 6.18 Å². The largest absolute Gasteiger partial charge is 0.496 e. The number of amidine groups is 1. The molecule has 0 heterocycles. The molecule has 5 nitrogen and oxygen atoms in total. The highest BCUT2D eigenvalue weighted by Gasteiger charge is 2.25. The summed E-state index contributed by atoms with van der Waals surface area (Å²) >= 11 is 0. The Morgan fingerprint density at radius 2 is 2.15 bits per heavy atom. The molecule has 0 atom stereocenters. The zero-order chi connectivity index (χ0) is 15.2. The van der Waals surface area contributed by atoms with Gasteiger partial charge in [-0.2, -0.15) is 13.2 Å². The molecule has 8 heteroatoms. The molecule has 0 fully saturated rings. The number of nitrogens with zero attached hydrogens (tertiary/aromatic N) is 1. The summed E-state index contributed by atoms with van der Waals surface area (Å²) in [5.41, 5.74) is 6.62. The van der Waals surface area contributed by atoms with Gasteiger partial charge in [-0.3, -0.25) is 0 Å². The van der Waals surface area contributed by atoms with E-state index in [0.717, 1.165) is 5.56 Å². The molecule has 0 amide bonds. The van der Waals surface area contributed by atoms with Crippen LogP contribution in [0.5, 0.6) is 5.75 Å². The lowest BCUT2D eigenvalue weighted by Crippen LogP contribution is -2.21. The predicted octanol–water partition coefficient (Wildman–Crippen LogP) is 1.83. The monoisotopic (exact) mass is 291 g/mol.